The van der Waals surface area contributed by atoms with E-state index in [0.717, 1.165) is 28.7 Å². The molecule has 0 unspecified atom stereocenters. The van der Waals surface area contributed by atoms with Crippen LogP contribution in [0.4, 0.5) is 0 Å². The molecule has 4 heterocycles. The Kier molecular flexibility index (Phi) is 5.58. The molecule has 2 aliphatic rings. The molecule has 1 saturated heterocycles. The highest BCUT2D eigenvalue weighted by Crippen LogP contribution is 2.42. The minimum atomic E-state index is -0.273. The summed E-state index contributed by atoms with van der Waals surface area (Å²) < 4.78 is 7.40. The van der Waals surface area contributed by atoms with Crippen LogP contribution in [0.3, 0.4) is 0 Å². The molecule has 3 aromatic heterocycles. The van der Waals surface area contributed by atoms with Crippen molar-refractivity contribution in [2.24, 2.45) is 0 Å². The first-order valence-corrected chi connectivity index (χ1v) is 12.1. The van der Waals surface area contributed by atoms with Gasteiger partial charge in [0.1, 0.15) is 0 Å². The number of nitrogens with zero attached hydrogens (tertiary/aromatic N) is 5. The van der Waals surface area contributed by atoms with Crippen molar-refractivity contribution >= 4 is 34.9 Å². The summed E-state index contributed by atoms with van der Waals surface area (Å²) in [6.45, 7) is 3.97. The summed E-state index contributed by atoms with van der Waals surface area (Å²) in [6.07, 6.45) is 3.74. The molecule has 10 heteroatoms. The van der Waals surface area contributed by atoms with E-state index < -0.39 is 0 Å². The lowest BCUT2D eigenvalue weighted by atomic mass is 10.2. The number of piperazine rings is 1. The van der Waals surface area contributed by atoms with Crippen LogP contribution in [0.15, 0.2) is 45.5 Å². The van der Waals surface area contributed by atoms with Crippen LogP contribution in [0, 0.1) is 0 Å². The van der Waals surface area contributed by atoms with Gasteiger partial charge in [-0.2, -0.15) is 0 Å². The largest absolute Gasteiger partial charge is 0.459 e. The van der Waals surface area contributed by atoms with Gasteiger partial charge in [-0.3, -0.25) is 14.2 Å². The summed E-state index contributed by atoms with van der Waals surface area (Å²) in [6, 6.07) is 7.87. The molecule has 0 N–H and O–H groups in total. The zero-order chi connectivity index (χ0) is 21.4. The fraction of sp³-hybridized carbons (Fsp3) is 0.429. The number of carbonyl (C=O) groups is 2. The van der Waals surface area contributed by atoms with Crippen molar-refractivity contribution in [1.29, 1.82) is 0 Å². The maximum absolute atomic E-state index is 13.1. The number of carbonyl (C=O) groups excluding carboxylic acids is 2. The molecule has 162 valence electrons. The Hall–Kier alpha value is -2.59. The van der Waals surface area contributed by atoms with Gasteiger partial charge in [-0.1, -0.05) is 17.8 Å². The standard InChI is InChI=1S/C21H23N5O3S2/c1-14(19(27)24-8-10-25(11-9-24)20(28)16-4-2-12-29-16)31-21-23-22-18(17-5-3-13-30-17)26(21)15-6-7-15/h2-5,12-15H,6-11H2,1H3/t14-/m1/s1. The molecular weight excluding hydrogens is 434 g/mol. The molecule has 0 spiro atoms. The van der Waals surface area contributed by atoms with E-state index in [-0.39, 0.29) is 17.1 Å². The fourth-order valence-electron chi connectivity index (χ4n) is 3.74. The van der Waals surface area contributed by atoms with Gasteiger partial charge in [-0.15, -0.1) is 21.5 Å². The third-order valence-electron chi connectivity index (χ3n) is 5.56. The van der Waals surface area contributed by atoms with E-state index in [4.69, 9.17) is 4.42 Å². The number of aromatic nitrogens is 3. The van der Waals surface area contributed by atoms with E-state index in [1.807, 2.05) is 23.3 Å². The van der Waals surface area contributed by atoms with Gasteiger partial charge in [0.2, 0.25) is 5.91 Å². The van der Waals surface area contributed by atoms with Crippen molar-refractivity contribution in [3.63, 3.8) is 0 Å². The van der Waals surface area contributed by atoms with Crippen LogP contribution in [0.25, 0.3) is 10.7 Å². The highest BCUT2D eigenvalue weighted by atomic mass is 32.2. The van der Waals surface area contributed by atoms with Crippen molar-refractivity contribution in [3.05, 3.63) is 41.7 Å². The number of hydrogen-bond donors (Lipinski definition) is 0. The van der Waals surface area contributed by atoms with Crippen LogP contribution in [-0.2, 0) is 4.79 Å². The van der Waals surface area contributed by atoms with E-state index >= 15 is 0 Å². The van der Waals surface area contributed by atoms with E-state index in [9.17, 15) is 9.59 Å². The quantitative estimate of drug-likeness (QED) is 0.528. The SMILES string of the molecule is C[C@@H](Sc1nnc(-c2cccs2)n1C1CC1)C(=O)N1CCN(C(=O)c2ccco2)CC1. The Balaban J connectivity index is 1.22. The molecule has 2 fully saturated rings. The molecule has 1 saturated carbocycles. The Morgan fingerprint density at radius 1 is 1.13 bits per heavy atom. The zero-order valence-corrected chi connectivity index (χ0v) is 18.8. The summed E-state index contributed by atoms with van der Waals surface area (Å²) in [5.74, 6) is 1.17. The van der Waals surface area contributed by atoms with Gasteiger partial charge in [-0.05, 0) is 43.3 Å². The molecule has 0 bridgehead atoms. The molecule has 31 heavy (non-hydrogen) atoms. The second-order valence-corrected chi connectivity index (χ2v) is 10.00. The maximum atomic E-state index is 13.1. The van der Waals surface area contributed by atoms with Gasteiger partial charge in [0, 0.05) is 32.2 Å². The molecule has 1 aliphatic carbocycles. The van der Waals surface area contributed by atoms with E-state index in [0.29, 0.717) is 38.0 Å². The molecule has 5 rings (SSSR count). The van der Waals surface area contributed by atoms with Crippen molar-refractivity contribution in [1.82, 2.24) is 24.6 Å². The van der Waals surface area contributed by atoms with E-state index in [1.54, 1.807) is 28.4 Å². The average Bonchev–Trinajstić information content (AvgIpc) is 3.22. The monoisotopic (exact) mass is 457 g/mol. The minimum Gasteiger partial charge on any atom is -0.459 e. The second-order valence-electron chi connectivity index (χ2n) is 7.74. The third-order valence-corrected chi connectivity index (χ3v) is 7.47. The number of amides is 2. The normalized spacial score (nSPS) is 17.7. The number of hydrogen-bond acceptors (Lipinski definition) is 7. The van der Waals surface area contributed by atoms with Crippen molar-refractivity contribution < 1.29 is 14.0 Å². The Bertz CT molecular complexity index is 1050. The van der Waals surface area contributed by atoms with Crippen LogP contribution in [0.1, 0.15) is 36.4 Å². The summed E-state index contributed by atoms with van der Waals surface area (Å²) in [7, 11) is 0. The van der Waals surface area contributed by atoms with Gasteiger partial charge in [-0.25, -0.2) is 0 Å². The molecule has 8 nitrogen and oxygen atoms in total. The first-order chi connectivity index (χ1) is 15.1. The van der Waals surface area contributed by atoms with Gasteiger partial charge < -0.3 is 14.2 Å². The zero-order valence-electron chi connectivity index (χ0n) is 17.1. The van der Waals surface area contributed by atoms with Gasteiger partial charge in [0.15, 0.2) is 16.7 Å². The molecule has 2 amide bonds. The van der Waals surface area contributed by atoms with Gasteiger partial charge >= 0.3 is 0 Å². The highest BCUT2D eigenvalue weighted by Gasteiger charge is 2.33. The molecule has 3 aromatic rings. The number of rotatable bonds is 6. The molecule has 1 aliphatic heterocycles. The van der Waals surface area contributed by atoms with Crippen LogP contribution in [-0.4, -0.2) is 67.8 Å². The summed E-state index contributed by atoms with van der Waals surface area (Å²) in [4.78, 5) is 30.2. The van der Waals surface area contributed by atoms with Crippen LogP contribution < -0.4 is 0 Å². The molecule has 0 aromatic carbocycles. The number of thiophene rings is 1. The van der Waals surface area contributed by atoms with Gasteiger partial charge in [0.05, 0.1) is 16.4 Å². The smallest absolute Gasteiger partial charge is 0.289 e. The highest BCUT2D eigenvalue weighted by molar-refractivity contribution is 8.00. The minimum absolute atomic E-state index is 0.0677. The molecular formula is C21H23N5O3S2. The van der Waals surface area contributed by atoms with Crippen molar-refractivity contribution in [2.45, 2.75) is 36.2 Å². The van der Waals surface area contributed by atoms with Crippen molar-refractivity contribution in [2.75, 3.05) is 26.2 Å². The summed E-state index contributed by atoms with van der Waals surface area (Å²) >= 11 is 3.12. The Morgan fingerprint density at radius 2 is 1.90 bits per heavy atom. The van der Waals surface area contributed by atoms with Crippen molar-refractivity contribution in [3.8, 4) is 10.7 Å². The number of furan rings is 1. The third kappa shape index (κ3) is 4.14. The lowest BCUT2D eigenvalue weighted by Crippen LogP contribution is -2.52. The lowest BCUT2D eigenvalue weighted by Gasteiger charge is -2.35. The van der Waals surface area contributed by atoms with Crippen LogP contribution in [0.2, 0.25) is 0 Å². The average molecular weight is 458 g/mol. The summed E-state index contributed by atoms with van der Waals surface area (Å²) in [5.41, 5.74) is 0. The van der Waals surface area contributed by atoms with Crippen LogP contribution in [0.5, 0.6) is 0 Å². The lowest BCUT2D eigenvalue weighted by molar-refractivity contribution is -0.131. The number of thioether (sulfide) groups is 1. The van der Waals surface area contributed by atoms with Crippen LogP contribution >= 0.6 is 23.1 Å². The summed E-state index contributed by atoms with van der Waals surface area (Å²) in [5, 5.41) is 11.4. The first kappa shape index (κ1) is 20.3. The topological polar surface area (TPSA) is 84.5 Å². The predicted octanol–water partition coefficient (Wildman–Crippen LogP) is 3.40. The van der Waals surface area contributed by atoms with E-state index in [1.165, 1.54) is 18.0 Å². The molecule has 1 atom stereocenters. The van der Waals surface area contributed by atoms with Gasteiger partial charge in [0.25, 0.3) is 5.91 Å². The fourth-order valence-corrected chi connectivity index (χ4v) is 5.45. The predicted molar refractivity (Wildman–Crippen MR) is 118 cm³/mol. The molecule has 0 radical (unpaired) electrons. The maximum Gasteiger partial charge on any atom is 0.289 e. The van der Waals surface area contributed by atoms with E-state index in [2.05, 4.69) is 20.8 Å². The first-order valence-electron chi connectivity index (χ1n) is 10.4. The Morgan fingerprint density at radius 3 is 2.55 bits per heavy atom. The second kappa shape index (κ2) is 8.51. The Labute approximate surface area is 188 Å².